The van der Waals surface area contributed by atoms with Gasteiger partial charge in [0.15, 0.2) is 6.79 Å². The molecule has 1 aliphatic carbocycles. The van der Waals surface area contributed by atoms with Gasteiger partial charge in [0, 0.05) is 0 Å². The molecule has 1 heterocycles. The van der Waals surface area contributed by atoms with Crippen LogP contribution in [0, 0.1) is 5.92 Å². The second-order valence-electron chi connectivity index (χ2n) is 8.59. The summed E-state index contributed by atoms with van der Waals surface area (Å²) in [4.78, 5) is 11.8. The third-order valence-electron chi connectivity index (χ3n) is 5.72. The summed E-state index contributed by atoms with van der Waals surface area (Å²) in [6.45, 7) is 3.35. The monoisotopic (exact) mass is 534 g/mol. The first kappa shape index (κ1) is 29.6. The van der Waals surface area contributed by atoms with E-state index in [4.69, 9.17) is 4.74 Å². The van der Waals surface area contributed by atoms with Crippen molar-refractivity contribution < 1.29 is 67.6 Å². The van der Waals surface area contributed by atoms with Crippen molar-refractivity contribution in [1.82, 2.24) is 0 Å². The van der Waals surface area contributed by atoms with Crippen LogP contribution in [0.5, 0.6) is 0 Å². The number of carbonyl (C=O) groups is 1. The Labute approximate surface area is 193 Å². The van der Waals surface area contributed by atoms with E-state index in [1.165, 1.54) is 13.8 Å². The fourth-order valence-corrected chi connectivity index (χ4v) is 3.91. The highest BCUT2D eigenvalue weighted by Gasteiger charge is 2.85. The third-order valence-corrected chi connectivity index (χ3v) is 5.72. The first-order valence-electron chi connectivity index (χ1n) is 10.5. The van der Waals surface area contributed by atoms with Gasteiger partial charge in [-0.25, -0.2) is 4.79 Å². The molecular formula is C20H24F10O5. The molecule has 1 saturated heterocycles. The van der Waals surface area contributed by atoms with Gasteiger partial charge in [-0.15, -0.1) is 0 Å². The number of alkyl halides is 10. The molecule has 0 bridgehead atoms. The zero-order valence-electron chi connectivity index (χ0n) is 18.6. The van der Waals surface area contributed by atoms with E-state index in [1.54, 1.807) is 0 Å². The molecule has 0 spiro atoms. The summed E-state index contributed by atoms with van der Waals surface area (Å²) in [7, 11) is 0. The van der Waals surface area contributed by atoms with E-state index in [-0.39, 0.29) is 25.7 Å². The maximum absolute atomic E-state index is 15.3. The molecule has 2 fully saturated rings. The number of ether oxygens (including phenoxy) is 4. The standard InChI is InChI=1S/C20H24F10O5/c1-10(2)32-9-33-19(20(28,29)30)17(23,24)15(34-14(31)11(3)18(25,26)27)16(21,22)13(35-19)12-7-5-4-6-8-12/h10,12-13,15H,3-9H2,1-2H3. The van der Waals surface area contributed by atoms with E-state index in [9.17, 15) is 31.1 Å². The zero-order valence-corrected chi connectivity index (χ0v) is 18.6. The molecule has 0 amide bonds. The lowest BCUT2D eigenvalue weighted by molar-refractivity contribution is -0.514. The van der Waals surface area contributed by atoms with Crippen molar-refractivity contribution in [3.05, 3.63) is 12.2 Å². The number of esters is 1. The van der Waals surface area contributed by atoms with Crippen molar-refractivity contribution in [1.29, 1.82) is 0 Å². The van der Waals surface area contributed by atoms with Crippen molar-refractivity contribution in [2.75, 3.05) is 6.79 Å². The number of halogens is 10. The highest BCUT2D eigenvalue weighted by molar-refractivity contribution is 5.89. The van der Waals surface area contributed by atoms with E-state index in [2.05, 4.69) is 20.8 Å². The molecule has 204 valence electrons. The van der Waals surface area contributed by atoms with Crippen LogP contribution in [0.3, 0.4) is 0 Å². The third kappa shape index (κ3) is 5.71. The molecule has 0 radical (unpaired) electrons. The van der Waals surface area contributed by atoms with Crippen LogP contribution in [0.4, 0.5) is 43.9 Å². The Morgan fingerprint density at radius 3 is 2.03 bits per heavy atom. The predicted molar refractivity (Wildman–Crippen MR) is 97.4 cm³/mol. The zero-order chi connectivity index (χ0) is 27.0. The van der Waals surface area contributed by atoms with Gasteiger partial charge in [0.2, 0.25) is 6.10 Å². The molecule has 5 nitrogen and oxygen atoms in total. The average molecular weight is 534 g/mol. The van der Waals surface area contributed by atoms with Crippen LogP contribution >= 0.6 is 0 Å². The highest BCUT2D eigenvalue weighted by atomic mass is 19.4. The summed E-state index contributed by atoms with van der Waals surface area (Å²) in [5, 5.41) is 0. The Balaban J connectivity index is 2.63. The second-order valence-corrected chi connectivity index (χ2v) is 8.59. The van der Waals surface area contributed by atoms with Gasteiger partial charge in [-0.1, -0.05) is 25.8 Å². The number of rotatable bonds is 7. The fourth-order valence-electron chi connectivity index (χ4n) is 3.91. The van der Waals surface area contributed by atoms with Crippen LogP contribution in [-0.4, -0.2) is 61.1 Å². The molecule has 3 atom stereocenters. The number of carbonyl (C=O) groups excluding carboxylic acids is 1. The van der Waals surface area contributed by atoms with Crippen LogP contribution in [0.15, 0.2) is 12.2 Å². The minimum absolute atomic E-state index is 0.155. The van der Waals surface area contributed by atoms with Gasteiger partial charge in [0.1, 0.15) is 11.7 Å². The van der Waals surface area contributed by atoms with Crippen LogP contribution in [0.1, 0.15) is 46.0 Å². The van der Waals surface area contributed by atoms with E-state index in [1.807, 2.05) is 0 Å². The Bertz CT molecular complexity index is 773. The molecule has 0 aromatic heterocycles. The summed E-state index contributed by atoms with van der Waals surface area (Å²) in [6, 6.07) is 0. The predicted octanol–water partition coefficient (Wildman–Crippen LogP) is 5.92. The van der Waals surface area contributed by atoms with Crippen molar-refractivity contribution in [3.63, 3.8) is 0 Å². The Morgan fingerprint density at radius 2 is 1.57 bits per heavy atom. The largest absolute Gasteiger partial charge is 0.450 e. The van der Waals surface area contributed by atoms with Crippen LogP contribution in [-0.2, 0) is 23.7 Å². The highest BCUT2D eigenvalue weighted by Crippen LogP contribution is 2.58. The van der Waals surface area contributed by atoms with E-state index in [0.717, 1.165) is 0 Å². The summed E-state index contributed by atoms with van der Waals surface area (Å²) < 4.78 is 159. The van der Waals surface area contributed by atoms with E-state index in [0.29, 0.717) is 6.42 Å². The summed E-state index contributed by atoms with van der Waals surface area (Å²) in [5.74, 6) is -20.3. The van der Waals surface area contributed by atoms with Gasteiger partial charge in [0.25, 0.3) is 0 Å². The van der Waals surface area contributed by atoms with Crippen molar-refractivity contribution in [2.24, 2.45) is 5.92 Å². The van der Waals surface area contributed by atoms with E-state index >= 15 is 17.6 Å². The quantitative estimate of drug-likeness (QED) is 0.176. The molecule has 0 N–H and O–H groups in total. The minimum Gasteiger partial charge on any atom is -0.445 e. The SMILES string of the molecule is C=C(C(=O)OC1C(F)(F)C(C2CCCCC2)OC(OCOC(C)C)(C(F)(F)F)C1(F)F)C(F)(F)F. The molecule has 1 saturated carbocycles. The molecule has 2 rings (SSSR count). The first-order valence-corrected chi connectivity index (χ1v) is 10.5. The molecule has 15 heteroatoms. The molecule has 1 aliphatic heterocycles. The van der Waals surface area contributed by atoms with Crippen molar-refractivity contribution in [3.8, 4) is 0 Å². The minimum atomic E-state index is -6.22. The average Bonchev–Trinajstić information content (AvgIpc) is 2.71. The molecule has 3 unspecified atom stereocenters. The van der Waals surface area contributed by atoms with Gasteiger partial charge >= 0.3 is 36.0 Å². The topological polar surface area (TPSA) is 54.0 Å². The molecule has 0 aromatic carbocycles. The molecule has 35 heavy (non-hydrogen) atoms. The second kappa shape index (κ2) is 10.0. The first-order chi connectivity index (χ1) is 15.8. The number of hydrogen-bond acceptors (Lipinski definition) is 5. The Hall–Kier alpha value is -1.61. The lowest BCUT2D eigenvalue weighted by Gasteiger charge is -2.53. The molecule has 2 aliphatic rings. The maximum Gasteiger partial charge on any atom is 0.450 e. The van der Waals surface area contributed by atoms with Gasteiger partial charge in [-0.3, -0.25) is 0 Å². The van der Waals surface area contributed by atoms with Crippen molar-refractivity contribution in [2.45, 2.75) is 94.2 Å². The van der Waals surface area contributed by atoms with E-state index < -0.39 is 72.5 Å². The van der Waals surface area contributed by atoms with Crippen molar-refractivity contribution >= 4 is 5.97 Å². The van der Waals surface area contributed by atoms with Crippen LogP contribution in [0.25, 0.3) is 0 Å². The van der Waals surface area contributed by atoms with Crippen LogP contribution in [0.2, 0.25) is 0 Å². The molecule has 0 aromatic rings. The maximum atomic E-state index is 15.3. The summed E-state index contributed by atoms with van der Waals surface area (Å²) in [5.41, 5.74) is -2.47. The van der Waals surface area contributed by atoms with Gasteiger partial charge in [-0.2, -0.15) is 43.9 Å². The smallest absolute Gasteiger partial charge is 0.445 e. The molecular weight excluding hydrogens is 510 g/mol. The van der Waals surface area contributed by atoms with Gasteiger partial charge < -0.3 is 18.9 Å². The summed E-state index contributed by atoms with van der Waals surface area (Å²) in [6.07, 6.45) is -19.2. The van der Waals surface area contributed by atoms with Gasteiger partial charge in [0.05, 0.1) is 6.10 Å². The Morgan fingerprint density at radius 1 is 1.03 bits per heavy atom. The lowest BCUT2D eigenvalue weighted by Crippen LogP contribution is -2.78. The van der Waals surface area contributed by atoms with Gasteiger partial charge in [-0.05, 0) is 32.6 Å². The van der Waals surface area contributed by atoms with Crippen LogP contribution < -0.4 is 0 Å². The normalized spacial score (nSPS) is 29.7. The Kier molecular flexibility index (Phi) is 8.49. The fraction of sp³-hybridized carbons (Fsp3) is 0.850. The summed E-state index contributed by atoms with van der Waals surface area (Å²) >= 11 is 0. The lowest BCUT2D eigenvalue weighted by atomic mass is 9.78. The number of hydrogen-bond donors (Lipinski definition) is 0.